The van der Waals surface area contributed by atoms with Crippen LogP contribution in [0.15, 0.2) is 0 Å². The van der Waals surface area contributed by atoms with Crippen LogP contribution in [-0.2, 0) is 14.9 Å². The van der Waals surface area contributed by atoms with Gasteiger partial charge in [-0.2, -0.15) is 17.0 Å². The molecule has 19 heavy (non-hydrogen) atoms. The highest BCUT2D eigenvalue weighted by Gasteiger charge is 2.39. The van der Waals surface area contributed by atoms with Crippen molar-refractivity contribution < 1.29 is 13.2 Å². The van der Waals surface area contributed by atoms with Crippen LogP contribution in [-0.4, -0.2) is 68.0 Å². The summed E-state index contributed by atoms with van der Waals surface area (Å²) in [7, 11) is -3.37. The van der Waals surface area contributed by atoms with Gasteiger partial charge >= 0.3 is 0 Å². The van der Waals surface area contributed by atoms with Crippen LogP contribution >= 0.6 is 0 Å². The lowest BCUT2D eigenvalue weighted by Crippen LogP contribution is -2.57. The highest BCUT2D eigenvalue weighted by molar-refractivity contribution is 7.86. The second kappa shape index (κ2) is 5.65. The van der Waals surface area contributed by atoms with Crippen LogP contribution in [0.2, 0.25) is 0 Å². The first kappa shape index (κ1) is 15.2. The topological polar surface area (TPSA) is 61.9 Å². The second-order valence-electron chi connectivity index (χ2n) is 5.99. The average molecular weight is 291 g/mol. The minimum Gasteiger partial charge on any atom is -0.370 e. The minimum atomic E-state index is -3.37. The number of morpholine rings is 1. The molecule has 112 valence electrons. The molecule has 2 fully saturated rings. The third kappa shape index (κ3) is 3.66. The van der Waals surface area contributed by atoms with Crippen molar-refractivity contribution in [3.05, 3.63) is 0 Å². The molecule has 2 rings (SSSR count). The second-order valence-corrected chi connectivity index (χ2v) is 7.92. The van der Waals surface area contributed by atoms with E-state index in [4.69, 9.17) is 4.74 Å². The van der Waals surface area contributed by atoms with Crippen molar-refractivity contribution in [3.8, 4) is 0 Å². The lowest BCUT2D eigenvalue weighted by Gasteiger charge is -2.42. The van der Waals surface area contributed by atoms with Crippen LogP contribution in [0.3, 0.4) is 0 Å². The van der Waals surface area contributed by atoms with Gasteiger partial charge in [0.25, 0.3) is 10.2 Å². The molecule has 0 amide bonds. The Morgan fingerprint density at radius 1 is 1.21 bits per heavy atom. The Labute approximate surface area is 116 Å². The largest absolute Gasteiger partial charge is 0.370 e. The summed E-state index contributed by atoms with van der Waals surface area (Å²) in [4.78, 5) is 0. The van der Waals surface area contributed by atoms with Gasteiger partial charge in [-0.15, -0.1) is 0 Å². The predicted octanol–water partition coefficient (Wildman–Crippen LogP) is 0.0258. The molecule has 0 spiro atoms. The first-order valence-corrected chi connectivity index (χ1v) is 8.35. The Morgan fingerprint density at radius 3 is 2.63 bits per heavy atom. The van der Waals surface area contributed by atoms with Gasteiger partial charge in [-0.25, -0.2) is 0 Å². The van der Waals surface area contributed by atoms with E-state index in [1.807, 2.05) is 20.8 Å². The maximum absolute atomic E-state index is 12.7. The standard InChI is InChI=1S/C12H25N3O3S/c1-11-9-15(10-12(2,3)18-11)19(16,17)14-7-4-5-13-6-8-14/h11,13H,4-10H2,1-3H3. The average Bonchev–Trinajstić information content (AvgIpc) is 2.54. The number of hydrogen-bond donors (Lipinski definition) is 1. The molecule has 1 unspecified atom stereocenters. The number of nitrogens with zero attached hydrogens (tertiary/aromatic N) is 2. The maximum Gasteiger partial charge on any atom is 0.282 e. The van der Waals surface area contributed by atoms with Crippen molar-refractivity contribution in [1.82, 2.24) is 13.9 Å². The van der Waals surface area contributed by atoms with Crippen molar-refractivity contribution in [2.45, 2.75) is 38.9 Å². The van der Waals surface area contributed by atoms with Gasteiger partial charge in [0.05, 0.1) is 11.7 Å². The highest BCUT2D eigenvalue weighted by atomic mass is 32.2. The van der Waals surface area contributed by atoms with Gasteiger partial charge < -0.3 is 10.1 Å². The normalized spacial score (nSPS) is 31.0. The molecule has 2 saturated heterocycles. The summed E-state index contributed by atoms with van der Waals surface area (Å²) < 4.78 is 34.3. The van der Waals surface area contributed by atoms with E-state index in [0.29, 0.717) is 26.2 Å². The van der Waals surface area contributed by atoms with Crippen LogP contribution in [0.4, 0.5) is 0 Å². The van der Waals surface area contributed by atoms with E-state index in [1.54, 1.807) is 8.61 Å². The summed E-state index contributed by atoms with van der Waals surface area (Å²) in [6.07, 6.45) is 0.798. The van der Waals surface area contributed by atoms with E-state index in [1.165, 1.54) is 0 Å². The number of ether oxygens (including phenoxy) is 1. The van der Waals surface area contributed by atoms with Crippen molar-refractivity contribution in [2.75, 3.05) is 39.3 Å². The molecule has 0 aromatic rings. The van der Waals surface area contributed by atoms with Gasteiger partial charge in [0, 0.05) is 32.7 Å². The highest BCUT2D eigenvalue weighted by Crippen LogP contribution is 2.24. The Kier molecular flexibility index (Phi) is 4.52. The number of hydrogen-bond acceptors (Lipinski definition) is 4. The number of nitrogens with one attached hydrogen (secondary N) is 1. The minimum absolute atomic E-state index is 0.0661. The zero-order chi connectivity index (χ0) is 14.1. The summed E-state index contributed by atoms with van der Waals surface area (Å²) in [6, 6.07) is 0. The van der Waals surface area contributed by atoms with Gasteiger partial charge in [-0.3, -0.25) is 0 Å². The smallest absolute Gasteiger partial charge is 0.282 e. The Hall–Kier alpha value is -0.210. The Bertz CT molecular complexity index is 402. The van der Waals surface area contributed by atoms with E-state index in [9.17, 15) is 8.42 Å². The molecule has 0 aromatic carbocycles. The van der Waals surface area contributed by atoms with Crippen molar-refractivity contribution in [2.24, 2.45) is 0 Å². The molecule has 2 heterocycles. The maximum atomic E-state index is 12.7. The first-order chi connectivity index (χ1) is 8.81. The van der Waals surface area contributed by atoms with Crippen molar-refractivity contribution >= 4 is 10.2 Å². The van der Waals surface area contributed by atoms with E-state index < -0.39 is 15.8 Å². The zero-order valence-corrected chi connectivity index (χ0v) is 12.9. The molecule has 2 aliphatic heterocycles. The van der Waals surface area contributed by atoms with Gasteiger partial charge in [0.15, 0.2) is 0 Å². The third-order valence-electron chi connectivity index (χ3n) is 3.49. The molecule has 0 bridgehead atoms. The first-order valence-electron chi connectivity index (χ1n) is 6.95. The van der Waals surface area contributed by atoms with Crippen LogP contribution in [0.25, 0.3) is 0 Å². The van der Waals surface area contributed by atoms with Gasteiger partial charge in [0.1, 0.15) is 0 Å². The lowest BCUT2D eigenvalue weighted by molar-refractivity contribution is -0.110. The molecule has 6 nitrogen and oxygen atoms in total. The van der Waals surface area contributed by atoms with Gasteiger partial charge in [-0.05, 0) is 33.7 Å². The molecule has 1 N–H and O–H groups in total. The van der Waals surface area contributed by atoms with Crippen molar-refractivity contribution in [3.63, 3.8) is 0 Å². The summed E-state index contributed by atoms with van der Waals surface area (Å²) >= 11 is 0. The predicted molar refractivity (Wildman–Crippen MR) is 74.2 cm³/mol. The summed E-state index contributed by atoms with van der Waals surface area (Å²) in [6.45, 7) is 9.42. The zero-order valence-electron chi connectivity index (χ0n) is 12.1. The third-order valence-corrected chi connectivity index (χ3v) is 5.44. The van der Waals surface area contributed by atoms with Crippen LogP contribution in [0.5, 0.6) is 0 Å². The fraction of sp³-hybridized carbons (Fsp3) is 1.00. The quantitative estimate of drug-likeness (QED) is 0.779. The summed E-state index contributed by atoms with van der Waals surface area (Å²) in [5.41, 5.74) is -0.422. The van der Waals surface area contributed by atoms with Crippen LogP contribution in [0.1, 0.15) is 27.2 Å². The van der Waals surface area contributed by atoms with Gasteiger partial charge in [0.2, 0.25) is 0 Å². The Morgan fingerprint density at radius 2 is 1.95 bits per heavy atom. The molecule has 1 atom stereocenters. The fourth-order valence-electron chi connectivity index (χ4n) is 2.79. The SMILES string of the molecule is CC1CN(S(=O)(=O)N2CCCNCC2)CC(C)(C)O1. The molecular weight excluding hydrogens is 266 g/mol. The van der Waals surface area contributed by atoms with Crippen LogP contribution < -0.4 is 5.32 Å². The fourth-order valence-corrected chi connectivity index (χ4v) is 4.67. The lowest BCUT2D eigenvalue weighted by atomic mass is 10.1. The number of rotatable bonds is 2. The molecule has 0 radical (unpaired) electrons. The Balaban J connectivity index is 2.13. The van der Waals surface area contributed by atoms with Crippen molar-refractivity contribution in [1.29, 1.82) is 0 Å². The molecule has 0 saturated carbocycles. The monoisotopic (exact) mass is 291 g/mol. The molecule has 0 aromatic heterocycles. The molecular formula is C12H25N3O3S. The molecule has 0 aliphatic carbocycles. The van der Waals surface area contributed by atoms with E-state index in [-0.39, 0.29) is 6.10 Å². The molecule has 2 aliphatic rings. The van der Waals surface area contributed by atoms with E-state index in [0.717, 1.165) is 19.5 Å². The van der Waals surface area contributed by atoms with E-state index in [2.05, 4.69) is 5.32 Å². The molecule has 7 heteroatoms. The summed E-state index contributed by atoms with van der Waals surface area (Å²) in [5, 5.41) is 3.23. The summed E-state index contributed by atoms with van der Waals surface area (Å²) in [5.74, 6) is 0. The van der Waals surface area contributed by atoms with Crippen LogP contribution in [0, 0.1) is 0 Å². The van der Waals surface area contributed by atoms with E-state index >= 15 is 0 Å². The van der Waals surface area contributed by atoms with Gasteiger partial charge in [-0.1, -0.05) is 0 Å².